The monoisotopic (exact) mass is 1270 g/mol. The summed E-state index contributed by atoms with van der Waals surface area (Å²) in [7, 11) is -26.2. The van der Waals surface area contributed by atoms with Crippen LogP contribution in [0.4, 0.5) is 11.6 Å². The topological polar surface area (TPSA) is 406 Å². The molecule has 4 aromatic rings. The van der Waals surface area contributed by atoms with Gasteiger partial charge in [0.25, 0.3) is 15.7 Å². The smallest absolute Gasteiger partial charge is 0.490 e. The number of aromatic amines is 1. The summed E-state index contributed by atoms with van der Waals surface area (Å²) in [6, 6.07) is 19.8. The summed E-state index contributed by atoms with van der Waals surface area (Å²) in [5.41, 5.74) is 9.21. The molecule has 8 rings (SSSR count). The Balaban J connectivity index is 1.03. The van der Waals surface area contributed by atoms with Crippen LogP contribution in [0.15, 0.2) is 105 Å². The molecule has 85 heavy (non-hydrogen) atoms. The van der Waals surface area contributed by atoms with Crippen molar-refractivity contribution in [1.29, 1.82) is 0 Å². The minimum absolute atomic E-state index is 0.00199. The number of nitrogens with two attached hydrogens (primary N) is 1. The number of fused-ring (bicyclic) bond motifs is 3. The second-order valence-electron chi connectivity index (χ2n) is 20.1. The van der Waals surface area contributed by atoms with Gasteiger partial charge in [0.1, 0.15) is 30.8 Å². The molecule has 2 aromatic heterocycles. The lowest BCUT2D eigenvalue weighted by molar-refractivity contribution is -0.121. The lowest BCUT2D eigenvalue weighted by Gasteiger charge is -2.30. The van der Waals surface area contributed by atoms with E-state index in [0.717, 1.165) is 40.7 Å². The first-order valence-electron chi connectivity index (χ1n) is 26.4. The lowest BCUT2D eigenvalue weighted by atomic mass is 9.77. The zero-order valence-corrected chi connectivity index (χ0v) is 50.5. The number of carbonyl (C=O) groups is 1. The van der Waals surface area contributed by atoms with Gasteiger partial charge in [0.15, 0.2) is 5.65 Å². The number of hydrogen-bond acceptors (Lipinski definition) is 18. The van der Waals surface area contributed by atoms with Crippen LogP contribution >= 0.6 is 23.5 Å². The van der Waals surface area contributed by atoms with Crippen molar-refractivity contribution in [1.82, 2.24) is 24.4 Å². The standard InChI is InChI=1S/C53H62N7O20P3S2/c1-5-58(6-2)37-20-23-41-40(34(3)49(78-44(41)30-37)35-14-8-7-9-15-35)17-10-18-45-53(4,42-31-39(85(73,74)75)22-24-43(42)59(45)28-13-29-84(70,71)72)26-11-19-46(61)55-27-12-16-36-32-60(50-48(36)51(62)57-52(54)56-50)47-25-21-38(77-47)33-76-82(66,67)80-83(68,69)79-81(63,64)65/h7-10,14-15,17-18,20,22-24,30-32,38,47H,5-6,11,13,19,21,25-29,33H2,1-4H3,(H9-,54,55,56,57,61,62,63,64,65,66,67,68,69,70,71,72,73,74,75)/t38-,47+,53?/m0/s1. The van der Waals surface area contributed by atoms with Crippen molar-refractivity contribution >= 4 is 78.4 Å². The van der Waals surface area contributed by atoms with Crippen LogP contribution < -0.4 is 31.4 Å². The Morgan fingerprint density at radius 2 is 1.74 bits per heavy atom. The Hall–Kier alpha value is -6.41. The molecule has 0 saturated carbocycles. The van der Waals surface area contributed by atoms with Crippen molar-refractivity contribution in [3.05, 3.63) is 129 Å². The van der Waals surface area contributed by atoms with Crippen molar-refractivity contribution in [2.45, 2.75) is 88.9 Å². The zero-order valence-electron chi connectivity index (χ0n) is 46.2. The number of H-pyrrole nitrogens is 1. The van der Waals surface area contributed by atoms with E-state index >= 15 is 0 Å². The summed E-state index contributed by atoms with van der Waals surface area (Å²) in [4.78, 5) is 71.8. The third kappa shape index (κ3) is 15.8. The number of carbonyl (C=O) groups excluding carboxylic acids is 1. The molecule has 9 N–H and O–H groups in total. The number of nitrogen functional groups attached to an aromatic ring is 1. The van der Waals surface area contributed by atoms with E-state index < -0.39 is 90.2 Å². The summed E-state index contributed by atoms with van der Waals surface area (Å²) >= 11 is 0. The van der Waals surface area contributed by atoms with Crippen molar-refractivity contribution in [2.75, 3.05) is 49.2 Å². The summed E-state index contributed by atoms with van der Waals surface area (Å²) in [5, 5.41) is 3.72. The maximum absolute atomic E-state index is 13.5. The highest BCUT2D eigenvalue weighted by atomic mass is 32.2. The van der Waals surface area contributed by atoms with Gasteiger partial charge in [-0.3, -0.25) is 23.6 Å². The first-order chi connectivity index (χ1) is 39.9. The van der Waals surface area contributed by atoms with Crippen LogP contribution in [0.25, 0.3) is 39.8 Å². The molecule has 32 heteroatoms. The van der Waals surface area contributed by atoms with Crippen molar-refractivity contribution in [3.63, 3.8) is 0 Å². The molecule has 1 fully saturated rings. The molecule has 5 heterocycles. The van der Waals surface area contributed by atoms with Gasteiger partial charge < -0.3 is 53.8 Å². The lowest BCUT2D eigenvalue weighted by Crippen LogP contribution is -2.31. The van der Waals surface area contributed by atoms with Gasteiger partial charge in [0.05, 0.1) is 51.3 Å². The third-order valence-electron chi connectivity index (χ3n) is 14.3. The van der Waals surface area contributed by atoms with Crippen LogP contribution in [0.5, 0.6) is 0 Å². The van der Waals surface area contributed by atoms with Gasteiger partial charge in [-0.05, 0) is 101 Å². The molecule has 456 valence electrons. The van der Waals surface area contributed by atoms with Gasteiger partial charge in [0.2, 0.25) is 17.2 Å². The van der Waals surface area contributed by atoms with Gasteiger partial charge >= 0.3 is 23.5 Å². The van der Waals surface area contributed by atoms with Gasteiger partial charge in [-0.1, -0.05) is 54.3 Å². The molecule has 0 bridgehead atoms. The maximum Gasteiger partial charge on any atom is 0.490 e. The highest BCUT2D eigenvalue weighted by molar-refractivity contribution is 7.86. The van der Waals surface area contributed by atoms with Crippen LogP contribution in [0, 0.1) is 18.8 Å². The Labute approximate surface area is 488 Å². The number of allylic oxidation sites excluding steroid dienone is 3. The number of nitrogens with zero attached hydrogens (tertiary/aromatic N) is 4. The van der Waals surface area contributed by atoms with E-state index in [-0.39, 0.29) is 74.2 Å². The molecule has 1 aliphatic carbocycles. The van der Waals surface area contributed by atoms with E-state index in [4.69, 9.17) is 29.2 Å². The van der Waals surface area contributed by atoms with Gasteiger partial charge in [-0.15, -0.1) is 0 Å². The van der Waals surface area contributed by atoms with Gasteiger partial charge in [0, 0.05) is 64.5 Å². The predicted octanol–water partition coefficient (Wildman–Crippen LogP) is 6.01. The van der Waals surface area contributed by atoms with E-state index in [0.29, 0.717) is 28.5 Å². The number of nitrogens with one attached hydrogen (secondary N) is 2. The second-order valence-corrected chi connectivity index (χ2v) is 27.4. The first-order valence-corrected chi connectivity index (χ1v) is 34.0. The summed E-state index contributed by atoms with van der Waals surface area (Å²) < 4.78 is 135. The average molecular weight is 1270 g/mol. The molecule has 27 nitrogen and oxygen atoms in total. The van der Waals surface area contributed by atoms with Crippen LogP contribution in [0.1, 0.15) is 87.8 Å². The van der Waals surface area contributed by atoms with E-state index in [9.17, 15) is 59.0 Å². The highest BCUT2D eigenvalue weighted by Gasteiger charge is 2.44. The van der Waals surface area contributed by atoms with E-state index in [2.05, 4.69) is 54.2 Å². The number of ether oxygens (including phenoxy) is 1. The van der Waals surface area contributed by atoms with Crippen LogP contribution in [0.3, 0.4) is 0 Å². The molecule has 1 amide bonds. The Morgan fingerprint density at radius 1 is 1.01 bits per heavy atom. The SMILES string of the molecule is CC[N+](CC)=c1ccc2c(/C=C/C=C3\N(CCCS(=O)(=O)[O-])c4ccc(S(=O)(=O)O)cc4C3(C)CCCC(=O)NCC#Cc3cn([C@H]4CC[C@@H](COP(=O)(O)OP(=O)(O)OP(=O)(O)O)O4)c4nc(N)[nH]c(=O)c34)c(C)c(-c3ccccc3)oc-2c1. The maximum atomic E-state index is 13.5. The van der Waals surface area contributed by atoms with E-state index in [1.165, 1.54) is 29.0 Å². The number of aromatic nitrogens is 3. The minimum atomic E-state index is -5.76. The predicted molar refractivity (Wildman–Crippen MR) is 311 cm³/mol. The molecule has 5 atom stereocenters. The Kier molecular flexibility index (Phi) is 19.7. The number of anilines is 2. The Morgan fingerprint density at radius 3 is 2.42 bits per heavy atom. The number of hydrogen-bond donors (Lipinski definition) is 8. The molecule has 1 saturated heterocycles. The number of phosphoric acid groups is 3. The van der Waals surface area contributed by atoms with Crippen molar-refractivity contribution in [2.24, 2.45) is 0 Å². The Bertz CT molecular complexity index is 4170. The third-order valence-corrected chi connectivity index (χ3v) is 19.7. The fraction of sp³-hybridized carbons (Fsp3) is 0.358. The second kappa shape index (κ2) is 25.9. The van der Waals surface area contributed by atoms with Crippen molar-refractivity contribution < 1.29 is 86.3 Å². The zero-order chi connectivity index (χ0) is 61.9. The molecule has 0 radical (unpaired) electrons. The molecule has 3 unspecified atom stereocenters. The fourth-order valence-electron chi connectivity index (χ4n) is 10.5. The van der Waals surface area contributed by atoms with E-state index in [1.807, 2.05) is 85.5 Å². The van der Waals surface area contributed by atoms with Gasteiger partial charge in [-0.2, -0.15) is 22.0 Å². The average Bonchev–Trinajstić information content (AvgIpc) is 1.75. The summed E-state index contributed by atoms with van der Waals surface area (Å²) in [5.74, 6) is 5.60. The number of phosphoric ester groups is 1. The van der Waals surface area contributed by atoms with Crippen molar-refractivity contribution in [3.8, 4) is 34.5 Å². The molecule has 4 aliphatic rings. The number of rotatable bonds is 23. The van der Waals surface area contributed by atoms with Crippen LogP contribution in [-0.4, -0.2) is 111 Å². The summed E-state index contributed by atoms with van der Waals surface area (Å²) in [6.07, 6.45) is 5.79. The first kappa shape index (κ1) is 64.6. The fourth-order valence-corrected chi connectivity index (χ4v) is 14.5. The van der Waals surface area contributed by atoms with Gasteiger partial charge in [-0.25, -0.2) is 26.7 Å². The van der Waals surface area contributed by atoms with E-state index in [1.54, 1.807) is 0 Å². The summed E-state index contributed by atoms with van der Waals surface area (Å²) in [6.45, 7) is 8.59. The largest absolute Gasteiger partial charge is 0.748 e. The van der Waals surface area contributed by atoms with Crippen LogP contribution in [0.2, 0.25) is 0 Å². The molecule has 3 aliphatic heterocycles. The molecule has 2 aromatic carbocycles. The number of amides is 1. The number of benzene rings is 3. The quantitative estimate of drug-likeness (QED) is 0.0158. The van der Waals surface area contributed by atoms with Crippen LogP contribution in [-0.2, 0) is 62.0 Å². The normalized spacial score (nSPS) is 19.3. The molecular formula is C53H62N7O20P3S2. The highest BCUT2D eigenvalue weighted by Crippen LogP contribution is 2.66. The minimum Gasteiger partial charge on any atom is -0.748 e. The molecule has 0 spiro atoms. The molecular weight excluding hydrogens is 1210 g/mol.